The van der Waals surface area contributed by atoms with Gasteiger partial charge in [0.15, 0.2) is 0 Å². The predicted octanol–water partition coefficient (Wildman–Crippen LogP) is 4.39. The van der Waals surface area contributed by atoms with Gasteiger partial charge < -0.3 is 10.1 Å². The van der Waals surface area contributed by atoms with Crippen molar-refractivity contribution >= 4 is 0 Å². The molecule has 2 unspecified atom stereocenters. The molecule has 0 aromatic carbocycles. The van der Waals surface area contributed by atoms with Gasteiger partial charge in [-0.15, -0.1) is 0 Å². The predicted molar refractivity (Wildman–Crippen MR) is 83.5 cm³/mol. The molecule has 2 heteroatoms. The zero-order valence-corrected chi connectivity index (χ0v) is 13.6. The molecule has 1 N–H and O–H groups in total. The van der Waals surface area contributed by atoms with E-state index in [1.165, 1.54) is 51.4 Å². The molecule has 2 atom stereocenters. The van der Waals surface area contributed by atoms with Crippen molar-refractivity contribution in [1.29, 1.82) is 0 Å². The normalized spacial score (nSPS) is 20.7. The molecular weight excluding hydrogens is 234 g/mol. The number of hydrogen-bond donors (Lipinski definition) is 1. The maximum absolute atomic E-state index is 6.16. The van der Waals surface area contributed by atoms with E-state index < -0.39 is 0 Å². The molecule has 0 radical (unpaired) electrons. The van der Waals surface area contributed by atoms with Gasteiger partial charge in [0.2, 0.25) is 0 Å². The molecule has 0 spiro atoms. The van der Waals surface area contributed by atoms with Gasteiger partial charge in [0.1, 0.15) is 0 Å². The Hall–Kier alpha value is -0.0800. The van der Waals surface area contributed by atoms with Gasteiger partial charge in [-0.1, -0.05) is 46.0 Å². The second-order valence-corrected chi connectivity index (χ2v) is 6.13. The maximum Gasteiger partial charge on any atom is 0.0755 e. The first kappa shape index (κ1) is 17.0. The van der Waals surface area contributed by atoms with E-state index in [-0.39, 0.29) is 0 Å². The Labute approximate surface area is 120 Å². The molecule has 0 aromatic rings. The second kappa shape index (κ2) is 9.77. The van der Waals surface area contributed by atoms with Gasteiger partial charge >= 0.3 is 0 Å². The fourth-order valence-electron chi connectivity index (χ4n) is 3.63. The first-order valence-electron chi connectivity index (χ1n) is 8.55. The largest absolute Gasteiger partial charge is 0.377 e. The Morgan fingerprint density at radius 3 is 2.16 bits per heavy atom. The lowest BCUT2D eigenvalue weighted by Crippen LogP contribution is -2.45. The number of hydrogen-bond acceptors (Lipinski definition) is 2. The van der Waals surface area contributed by atoms with Gasteiger partial charge in [-0.25, -0.2) is 0 Å². The summed E-state index contributed by atoms with van der Waals surface area (Å²) >= 11 is 0. The highest BCUT2D eigenvalue weighted by molar-refractivity contribution is 4.85. The van der Waals surface area contributed by atoms with Crippen LogP contribution in [0.4, 0.5) is 0 Å². The summed E-state index contributed by atoms with van der Waals surface area (Å²) in [5.41, 5.74) is 0. The summed E-state index contributed by atoms with van der Waals surface area (Å²) < 4.78 is 6.16. The van der Waals surface area contributed by atoms with E-state index >= 15 is 0 Å². The number of rotatable bonds is 9. The second-order valence-electron chi connectivity index (χ2n) is 6.13. The first-order valence-corrected chi connectivity index (χ1v) is 8.55. The van der Waals surface area contributed by atoms with Crippen molar-refractivity contribution in [1.82, 2.24) is 5.32 Å². The molecule has 0 amide bonds. The van der Waals surface area contributed by atoms with Crippen molar-refractivity contribution in [3.8, 4) is 0 Å². The molecular formula is C17H35NO. The Balaban J connectivity index is 2.63. The summed E-state index contributed by atoms with van der Waals surface area (Å²) in [4.78, 5) is 0. The third-order valence-corrected chi connectivity index (χ3v) is 4.98. The minimum Gasteiger partial charge on any atom is -0.377 e. The number of nitrogens with one attached hydrogen (secondary N) is 1. The van der Waals surface area contributed by atoms with Crippen LogP contribution in [0.15, 0.2) is 0 Å². The van der Waals surface area contributed by atoms with E-state index in [2.05, 4.69) is 33.1 Å². The van der Waals surface area contributed by atoms with Crippen LogP contribution in [0.1, 0.15) is 72.1 Å². The lowest BCUT2D eigenvalue weighted by Gasteiger charge is -2.37. The van der Waals surface area contributed by atoms with Crippen LogP contribution in [0, 0.1) is 11.8 Å². The monoisotopic (exact) mass is 269 g/mol. The smallest absolute Gasteiger partial charge is 0.0755 e. The van der Waals surface area contributed by atoms with Gasteiger partial charge in [0.25, 0.3) is 0 Å². The average molecular weight is 269 g/mol. The van der Waals surface area contributed by atoms with E-state index in [0.717, 1.165) is 18.4 Å². The van der Waals surface area contributed by atoms with Crippen LogP contribution in [0.5, 0.6) is 0 Å². The van der Waals surface area contributed by atoms with Crippen molar-refractivity contribution in [3.05, 3.63) is 0 Å². The first-order chi connectivity index (χ1) is 9.26. The van der Waals surface area contributed by atoms with Gasteiger partial charge in [0.05, 0.1) is 6.10 Å². The topological polar surface area (TPSA) is 21.3 Å². The SMILES string of the molecule is CCOC(C1CCCCC1)C(CC(CC)CC)NC. The lowest BCUT2D eigenvalue weighted by atomic mass is 9.80. The van der Waals surface area contributed by atoms with E-state index in [1.54, 1.807) is 0 Å². The highest BCUT2D eigenvalue weighted by Crippen LogP contribution is 2.31. The lowest BCUT2D eigenvalue weighted by molar-refractivity contribution is -0.0213. The van der Waals surface area contributed by atoms with E-state index in [4.69, 9.17) is 4.74 Å². The molecule has 1 fully saturated rings. The Kier molecular flexibility index (Phi) is 8.72. The summed E-state index contributed by atoms with van der Waals surface area (Å²) in [6.45, 7) is 7.62. The minimum atomic E-state index is 0.427. The Morgan fingerprint density at radius 2 is 1.68 bits per heavy atom. The highest BCUT2D eigenvalue weighted by Gasteiger charge is 2.31. The molecule has 114 valence electrons. The molecule has 1 saturated carbocycles. The van der Waals surface area contributed by atoms with Crippen LogP contribution < -0.4 is 5.32 Å². The summed E-state index contributed by atoms with van der Waals surface area (Å²) in [6, 6.07) is 0.535. The molecule has 1 aliphatic carbocycles. The standard InChI is InChI=1S/C17H35NO/c1-5-14(6-2)13-16(18-4)17(19-7-3)15-11-9-8-10-12-15/h14-18H,5-13H2,1-4H3. The van der Waals surface area contributed by atoms with Crippen molar-refractivity contribution in [3.63, 3.8) is 0 Å². The molecule has 0 aliphatic heterocycles. The van der Waals surface area contributed by atoms with Gasteiger partial charge in [-0.2, -0.15) is 0 Å². The number of ether oxygens (including phenoxy) is 1. The van der Waals surface area contributed by atoms with Crippen molar-refractivity contribution in [2.45, 2.75) is 84.3 Å². The fraction of sp³-hybridized carbons (Fsp3) is 1.00. The van der Waals surface area contributed by atoms with Gasteiger partial charge in [0, 0.05) is 12.6 Å². The summed E-state index contributed by atoms with van der Waals surface area (Å²) in [7, 11) is 2.11. The fourth-order valence-corrected chi connectivity index (χ4v) is 3.63. The molecule has 1 rings (SSSR count). The molecule has 1 aliphatic rings. The van der Waals surface area contributed by atoms with E-state index in [0.29, 0.717) is 12.1 Å². The van der Waals surface area contributed by atoms with E-state index in [1.807, 2.05) is 0 Å². The molecule has 0 aromatic heterocycles. The Morgan fingerprint density at radius 1 is 1.05 bits per heavy atom. The highest BCUT2D eigenvalue weighted by atomic mass is 16.5. The maximum atomic E-state index is 6.16. The third kappa shape index (κ3) is 5.43. The van der Waals surface area contributed by atoms with Gasteiger partial charge in [-0.05, 0) is 45.1 Å². The summed E-state index contributed by atoms with van der Waals surface area (Å²) in [5, 5.41) is 3.56. The Bertz CT molecular complexity index is 209. The van der Waals surface area contributed by atoms with Crippen molar-refractivity contribution in [2.75, 3.05) is 13.7 Å². The molecule has 19 heavy (non-hydrogen) atoms. The minimum absolute atomic E-state index is 0.427. The average Bonchev–Trinajstić information content (AvgIpc) is 2.48. The molecule has 2 nitrogen and oxygen atoms in total. The van der Waals surface area contributed by atoms with E-state index in [9.17, 15) is 0 Å². The third-order valence-electron chi connectivity index (χ3n) is 4.98. The van der Waals surface area contributed by atoms with Crippen molar-refractivity contribution in [2.24, 2.45) is 11.8 Å². The van der Waals surface area contributed by atoms with Crippen LogP contribution in [-0.4, -0.2) is 25.8 Å². The molecule has 0 bridgehead atoms. The van der Waals surface area contributed by atoms with Crippen LogP contribution in [0.3, 0.4) is 0 Å². The van der Waals surface area contributed by atoms with Crippen LogP contribution >= 0.6 is 0 Å². The molecule has 0 saturated heterocycles. The van der Waals surface area contributed by atoms with Crippen LogP contribution in [-0.2, 0) is 4.74 Å². The zero-order chi connectivity index (χ0) is 14.1. The van der Waals surface area contributed by atoms with Gasteiger partial charge in [-0.3, -0.25) is 0 Å². The number of likely N-dealkylation sites (N-methyl/N-ethyl adjacent to an activating group) is 1. The quantitative estimate of drug-likeness (QED) is 0.670. The zero-order valence-electron chi connectivity index (χ0n) is 13.6. The van der Waals surface area contributed by atoms with Crippen LogP contribution in [0.2, 0.25) is 0 Å². The molecule has 0 heterocycles. The van der Waals surface area contributed by atoms with Crippen molar-refractivity contribution < 1.29 is 4.74 Å². The summed E-state index contributed by atoms with van der Waals surface area (Å²) in [5.74, 6) is 1.62. The summed E-state index contributed by atoms with van der Waals surface area (Å²) in [6.07, 6.45) is 11.2. The van der Waals surface area contributed by atoms with Crippen LogP contribution in [0.25, 0.3) is 0 Å².